The molecule has 3 amide bonds. The molecule has 0 saturated carbocycles. The lowest BCUT2D eigenvalue weighted by Gasteiger charge is -2.15. The van der Waals surface area contributed by atoms with Crippen molar-refractivity contribution in [3.63, 3.8) is 0 Å². The Morgan fingerprint density at radius 1 is 1.33 bits per heavy atom. The molecule has 2 rings (SSSR count). The van der Waals surface area contributed by atoms with Gasteiger partial charge >= 0.3 is 0 Å². The van der Waals surface area contributed by atoms with Crippen molar-refractivity contribution in [3.05, 3.63) is 30.0 Å². The van der Waals surface area contributed by atoms with Crippen LogP contribution in [0.15, 0.2) is 30.0 Å². The quantitative estimate of drug-likeness (QED) is 0.634. The molecule has 0 unspecified atom stereocenters. The highest BCUT2D eigenvalue weighted by Crippen LogP contribution is 2.30. The second-order valence-corrected chi connectivity index (χ2v) is 5.02. The number of imide groups is 1. The summed E-state index contributed by atoms with van der Waals surface area (Å²) in [5, 5.41) is 14.5. The second kappa shape index (κ2) is 7.60. The molecule has 1 aliphatic rings. The number of anilines is 2. The normalized spacial score (nSPS) is 13.8. The fraction of sp³-hybridized carbons (Fsp3) is 0.312. The topological polar surface area (TPSA) is 108 Å². The number of hydrogen-bond donors (Lipinski definition) is 3. The van der Waals surface area contributed by atoms with E-state index in [1.165, 1.54) is 7.11 Å². The first-order chi connectivity index (χ1) is 11.5. The molecular weight excluding hydrogens is 314 g/mol. The molecule has 0 aromatic heterocycles. The van der Waals surface area contributed by atoms with E-state index in [1.807, 2.05) is 0 Å². The van der Waals surface area contributed by atoms with Gasteiger partial charge in [-0.05, 0) is 18.2 Å². The van der Waals surface area contributed by atoms with Crippen LogP contribution in [0.3, 0.4) is 0 Å². The van der Waals surface area contributed by atoms with Crippen LogP contribution in [0.1, 0.15) is 13.3 Å². The number of aliphatic hydroxyl groups excluding tert-OH is 1. The fourth-order valence-electron chi connectivity index (χ4n) is 2.19. The summed E-state index contributed by atoms with van der Waals surface area (Å²) in [7, 11) is 1.47. The van der Waals surface area contributed by atoms with Gasteiger partial charge in [-0.3, -0.25) is 19.3 Å². The summed E-state index contributed by atoms with van der Waals surface area (Å²) in [6.07, 6.45) is 1.50. The van der Waals surface area contributed by atoms with Crippen molar-refractivity contribution in [1.82, 2.24) is 4.90 Å². The van der Waals surface area contributed by atoms with Crippen molar-refractivity contribution in [3.8, 4) is 5.75 Å². The molecule has 0 saturated heterocycles. The number of benzene rings is 1. The lowest BCUT2D eigenvalue weighted by Crippen LogP contribution is -2.34. The maximum Gasteiger partial charge on any atom is 0.277 e. The molecular formula is C16H19N3O5. The number of hydrogen-bond acceptors (Lipinski definition) is 6. The third-order valence-electron chi connectivity index (χ3n) is 3.41. The zero-order valence-corrected chi connectivity index (χ0v) is 13.5. The summed E-state index contributed by atoms with van der Waals surface area (Å²) in [6.45, 7) is 1.37. The molecule has 0 fully saturated rings. The van der Waals surface area contributed by atoms with Gasteiger partial charge < -0.3 is 20.5 Å². The Labute approximate surface area is 139 Å². The average molecular weight is 333 g/mol. The van der Waals surface area contributed by atoms with Crippen LogP contribution >= 0.6 is 0 Å². The molecule has 1 aromatic carbocycles. The molecule has 3 N–H and O–H groups in total. The number of aliphatic hydroxyl groups is 1. The molecule has 0 spiro atoms. The number of carbonyl (C=O) groups is 3. The van der Waals surface area contributed by atoms with Crippen LogP contribution < -0.4 is 15.4 Å². The van der Waals surface area contributed by atoms with Crippen molar-refractivity contribution >= 4 is 29.1 Å². The van der Waals surface area contributed by atoms with E-state index in [0.29, 0.717) is 23.5 Å². The predicted octanol–water partition coefficient (Wildman–Crippen LogP) is 0.701. The van der Waals surface area contributed by atoms with Crippen molar-refractivity contribution in [2.45, 2.75) is 13.3 Å². The van der Waals surface area contributed by atoms with E-state index in [2.05, 4.69) is 10.6 Å². The van der Waals surface area contributed by atoms with Crippen molar-refractivity contribution in [1.29, 1.82) is 0 Å². The summed E-state index contributed by atoms with van der Waals surface area (Å²) >= 11 is 0. The van der Waals surface area contributed by atoms with E-state index in [9.17, 15) is 14.4 Å². The molecule has 0 atom stereocenters. The van der Waals surface area contributed by atoms with Gasteiger partial charge in [-0.25, -0.2) is 0 Å². The molecule has 0 bridgehead atoms. The Balaban J connectivity index is 2.23. The molecule has 1 aromatic rings. The highest BCUT2D eigenvalue weighted by Gasteiger charge is 2.31. The van der Waals surface area contributed by atoms with Crippen LogP contribution in [0.25, 0.3) is 0 Å². The molecule has 8 nitrogen and oxygen atoms in total. The van der Waals surface area contributed by atoms with E-state index >= 15 is 0 Å². The van der Waals surface area contributed by atoms with E-state index in [-0.39, 0.29) is 24.8 Å². The Bertz CT molecular complexity index is 699. The molecule has 1 heterocycles. The maximum absolute atomic E-state index is 12.2. The van der Waals surface area contributed by atoms with E-state index in [4.69, 9.17) is 9.84 Å². The number of ether oxygens (including phenoxy) is 1. The molecule has 1 aliphatic heterocycles. The van der Waals surface area contributed by atoms with Crippen LogP contribution in [0, 0.1) is 0 Å². The minimum absolute atomic E-state index is 0.0664. The van der Waals surface area contributed by atoms with Crippen LogP contribution in [0.2, 0.25) is 0 Å². The number of β-amino-alcohol motifs (C(OH)–C–C–N with tert-alkyl or cyclic N) is 1. The number of amides is 3. The van der Waals surface area contributed by atoms with Crippen molar-refractivity contribution < 1.29 is 24.2 Å². The smallest absolute Gasteiger partial charge is 0.277 e. The Hall–Kier alpha value is -2.87. The lowest BCUT2D eigenvalue weighted by atomic mass is 10.2. The fourth-order valence-corrected chi connectivity index (χ4v) is 2.19. The van der Waals surface area contributed by atoms with Gasteiger partial charge in [-0.1, -0.05) is 6.92 Å². The summed E-state index contributed by atoms with van der Waals surface area (Å²) in [5.74, 6) is -0.720. The molecule has 128 valence electrons. The SMILES string of the molecule is CCC(=O)Nc1ccc(OC)c(NC2=CC(=O)N(CCO)C2=O)c1. The first-order valence-corrected chi connectivity index (χ1v) is 7.43. The van der Waals surface area contributed by atoms with Gasteiger partial charge in [0.1, 0.15) is 11.4 Å². The van der Waals surface area contributed by atoms with Crippen LogP contribution in [0.5, 0.6) is 5.75 Å². The minimum atomic E-state index is -0.529. The summed E-state index contributed by atoms with van der Waals surface area (Å²) in [5.41, 5.74) is 1.05. The van der Waals surface area contributed by atoms with Gasteiger partial charge in [0.25, 0.3) is 11.8 Å². The number of nitrogens with one attached hydrogen (secondary N) is 2. The summed E-state index contributed by atoms with van der Waals surface area (Å²) < 4.78 is 5.23. The van der Waals surface area contributed by atoms with E-state index in [1.54, 1.807) is 25.1 Å². The van der Waals surface area contributed by atoms with Crippen LogP contribution in [-0.2, 0) is 14.4 Å². The Kier molecular flexibility index (Phi) is 5.54. The first-order valence-electron chi connectivity index (χ1n) is 7.43. The second-order valence-electron chi connectivity index (χ2n) is 5.02. The zero-order valence-electron chi connectivity index (χ0n) is 13.5. The predicted molar refractivity (Wildman–Crippen MR) is 87.4 cm³/mol. The van der Waals surface area contributed by atoms with E-state index in [0.717, 1.165) is 11.0 Å². The Morgan fingerprint density at radius 3 is 2.71 bits per heavy atom. The molecule has 24 heavy (non-hydrogen) atoms. The van der Waals surface area contributed by atoms with Crippen molar-refractivity contribution in [2.24, 2.45) is 0 Å². The largest absolute Gasteiger partial charge is 0.495 e. The van der Waals surface area contributed by atoms with Crippen molar-refractivity contribution in [2.75, 3.05) is 30.9 Å². The molecule has 0 radical (unpaired) electrons. The van der Waals surface area contributed by atoms with Crippen LogP contribution in [0.4, 0.5) is 11.4 Å². The number of rotatable bonds is 7. The minimum Gasteiger partial charge on any atom is -0.495 e. The monoisotopic (exact) mass is 333 g/mol. The molecule has 0 aliphatic carbocycles. The van der Waals surface area contributed by atoms with Gasteiger partial charge in [-0.15, -0.1) is 0 Å². The third kappa shape index (κ3) is 3.72. The standard InChI is InChI=1S/C16H19N3O5/c1-3-14(21)17-10-4-5-13(24-2)11(8-10)18-12-9-15(22)19(6-7-20)16(12)23/h4-5,8-9,18,20H,3,6-7H2,1-2H3,(H,17,21). The lowest BCUT2D eigenvalue weighted by molar-refractivity contribution is -0.137. The van der Waals surface area contributed by atoms with Gasteiger partial charge in [0.05, 0.1) is 25.9 Å². The van der Waals surface area contributed by atoms with Gasteiger partial charge in [0, 0.05) is 18.2 Å². The van der Waals surface area contributed by atoms with Gasteiger partial charge in [0.15, 0.2) is 0 Å². The highest BCUT2D eigenvalue weighted by molar-refractivity contribution is 6.17. The van der Waals surface area contributed by atoms with Crippen LogP contribution in [-0.4, -0.2) is 48.0 Å². The highest BCUT2D eigenvalue weighted by atomic mass is 16.5. The first kappa shape index (κ1) is 17.5. The molecule has 8 heteroatoms. The summed E-state index contributed by atoms with van der Waals surface area (Å²) in [4.78, 5) is 36.4. The third-order valence-corrected chi connectivity index (χ3v) is 3.41. The maximum atomic E-state index is 12.2. The van der Waals surface area contributed by atoms with Gasteiger partial charge in [-0.2, -0.15) is 0 Å². The Morgan fingerprint density at radius 2 is 2.08 bits per heavy atom. The number of methoxy groups -OCH3 is 1. The number of carbonyl (C=O) groups excluding carboxylic acids is 3. The summed E-state index contributed by atoms with van der Waals surface area (Å²) in [6, 6.07) is 4.92. The van der Waals surface area contributed by atoms with E-state index < -0.39 is 11.8 Å². The number of nitrogens with zero attached hydrogens (tertiary/aromatic N) is 1. The zero-order chi connectivity index (χ0) is 17.7. The average Bonchev–Trinajstić information content (AvgIpc) is 2.83. The van der Waals surface area contributed by atoms with Gasteiger partial charge in [0.2, 0.25) is 5.91 Å².